The van der Waals surface area contributed by atoms with Gasteiger partial charge in [-0.1, -0.05) is 0 Å². The number of fused-ring (bicyclic) bond motifs is 1. The van der Waals surface area contributed by atoms with Crippen molar-refractivity contribution >= 4 is 11.3 Å². The molecule has 1 N–H and O–H groups in total. The molecule has 0 aliphatic carbocycles. The lowest BCUT2D eigenvalue weighted by Gasteiger charge is -2.24. The van der Waals surface area contributed by atoms with Crippen LogP contribution in [0.4, 0.5) is 0 Å². The molecular formula is C13H21N3S. The van der Waals surface area contributed by atoms with Crippen LogP contribution in [0.25, 0.3) is 0 Å². The summed E-state index contributed by atoms with van der Waals surface area (Å²) >= 11 is 1.78. The second-order valence-corrected chi connectivity index (χ2v) is 6.22. The van der Waals surface area contributed by atoms with Crippen LogP contribution in [0.3, 0.4) is 0 Å². The Hall–Kier alpha value is -0.450. The minimum atomic E-state index is 0.452. The van der Waals surface area contributed by atoms with Gasteiger partial charge in [-0.2, -0.15) is 0 Å². The smallest absolute Gasteiger partial charge is 0.0798 e. The van der Waals surface area contributed by atoms with Crippen LogP contribution in [0.5, 0.6) is 0 Å². The Balaban J connectivity index is 1.65. The van der Waals surface area contributed by atoms with Gasteiger partial charge < -0.3 is 5.32 Å². The highest BCUT2D eigenvalue weighted by Crippen LogP contribution is 2.30. The Bertz CT molecular complexity index is 390. The van der Waals surface area contributed by atoms with E-state index in [4.69, 9.17) is 0 Å². The van der Waals surface area contributed by atoms with Crippen LogP contribution >= 0.6 is 11.3 Å². The van der Waals surface area contributed by atoms with Gasteiger partial charge in [0.05, 0.1) is 11.2 Å². The molecule has 0 bridgehead atoms. The van der Waals surface area contributed by atoms with E-state index in [1.54, 1.807) is 11.3 Å². The first kappa shape index (κ1) is 11.6. The lowest BCUT2D eigenvalue weighted by atomic mass is 10.1. The zero-order chi connectivity index (χ0) is 11.8. The summed E-state index contributed by atoms with van der Waals surface area (Å²) in [4.78, 5) is 8.41. The van der Waals surface area contributed by atoms with Crippen molar-refractivity contribution in [2.45, 2.75) is 51.2 Å². The van der Waals surface area contributed by atoms with E-state index in [1.165, 1.54) is 42.9 Å². The monoisotopic (exact) mass is 251 g/mol. The normalized spacial score (nSPS) is 30.7. The molecule has 2 saturated heterocycles. The first-order chi connectivity index (χ1) is 8.25. The molecule has 2 fully saturated rings. The van der Waals surface area contributed by atoms with E-state index in [0.717, 1.165) is 6.04 Å². The molecule has 3 unspecified atom stereocenters. The highest BCUT2D eigenvalue weighted by atomic mass is 32.1. The van der Waals surface area contributed by atoms with E-state index < -0.39 is 0 Å². The molecule has 2 aliphatic heterocycles. The first-order valence-electron chi connectivity index (χ1n) is 6.66. The fourth-order valence-electron chi connectivity index (χ4n) is 3.40. The molecule has 3 atom stereocenters. The molecule has 0 aromatic carbocycles. The van der Waals surface area contributed by atoms with Gasteiger partial charge in [0.1, 0.15) is 0 Å². The minimum Gasteiger partial charge on any atom is -0.305 e. The maximum absolute atomic E-state index is 4.35. The molecule has 3 heterocycles. The van der Waals surface area contributed by atoms with Gasteiger partial charge in [0.2, 0.25) is 0 Å². The van der Waals surface area contributed by atoms with Crippen molar-refractivity contribution in [3.63, 3.8) is 0 Å². The molecule has 1 aromatic heterocycles. The van der Waals surface area contributed by atoms with E-state index in [2.05, 4.69) is 29.0 Å². The third-order valence-electron chi connectivity index (χ3n) is 4.25. The van der Waals surface area contributed by atoms with E-state index in [9.17, 15) is 0 Å². The molecule has 94 valence electrons. The van der Waals surface area contributed by atoms with E-state index in [0.29, 0.717) is 12.1 Å². The predicted octanol–water partition coefficient (Wildman–Crippen LogP) is 2.34. The number of hydrogen-bond acceptors (Lipinski definition) is 4. The first-order valence-corrected chi connectivity index (χ1v) is 7.54. The van der Waals surface area contributed by atoms with Gasteiger partial charge in [0.25, 0.3) is 0 Å². The molecule has 3 nitrogen and oxygen atoms in total. The van der Waals surface area contributed by atoms with Crippen LogP contribution in [0.2, 0.25) is 0 Å². The largest absolute Gasteiger partial charge is 0.305 e. The molecule has 0 saturated carbocycles. The number of nitrogens with one attached hydrogen (secondary N) is 1. The third-order valence-corrected chi connectivity index (χ3v) is 5.36. The standard InChI is InChI=1S/C13H21N3S/c1-9-13(17-8-14-9)10(2)15-11-5-7-16-6-3-4-12(11)16/h8,10-12,15H,3-7H2,1-2H3. The third kappa shape index (κ3) is 2.14. The van der Waals surface area contributed by atoms with Crippen molar-refractivity contribution in [3.05, 3.63) is 16.1 Å². The number of thiazole rings is 1. The molecule has 3 rings (SSSR count). The number of aryl methyl sites for hydroxylation is 1. The molecular weight excluding hydrogens is 230 g/mol. The Kier molecular flexibility index (Phi) is 3.19. The minimum absolute atomic E-state index is 0.452. The summed E-state index contributed by atoms with van der Waals surface area (Å²) in [6.07, 6.45) is 4.08. The zero-order valence-electron chi connectivity index (χ0n) is 10.6. The molecule has 4 heteroatoms. The lowest BCUT2D eigenvalue weighted by molar-refractivity contribution is 0.291. The van der Waals surface area contributed by atoms with Crippen LogP contribution in [0, 0.1) is 6.92 Å². The van der Waals surface area contributed by atoms with Gasteiger partial charge in [-0.25, -0.2) is 4.98 Å². The van der Waals surface area contributed by atoms with Crippen LogP contribution < -0.4 is 5.32 Å². The molecule has 1 aromatic rings. The highest BCUT2D eigenvalue weighted by Gasteiger charge is 2.37. The fraction of sp³-hybridized carbons (Fsp3) is 0.769. The van der Waals surface area contributed by atoms with E-state index >= 15 is 0 Å². The van der Waals surface area contributed by atoms with Gasteiger partial charge in [-0.05, 0) is 39.7 Å². The second-order valence-electron chi connectivity index (χ2n) is 5.33. The number of hydrogen-bond donors (Lipinski definition) is 1. The fourth-order valence-corrected chi connectivity index (χ4v) is 4.22. The average Bonchev–Trinajstić information content (AvgIpc) is 2.96. The molecule has 0 spiro atoms. The Morgan fingerprint density at radius 1 is 1.47 bits per heavy atom. The van der Waals surface area contributed by atoms with Gasteiger partial charge >= 0.3 is 0 Å². The molecule has 0 amide bonds. The quantitative estimate of drug-likeness (QED) is 0.894. The molecule has 2 aliphatic rings. The van der Waals surface area contributed by atoms with E-state index in [-0.39, 0.29) is 0 Å². The highest BCUT2D eigenvalue weighted by molar-refractivity contribution is 7.09. The van der Waals surface area contributed by atoms with Crippen LogP contribution in [-0.2, 0) is 0 Å². The van der Waals surface area contributed by atoms with E-state index in [1.807, 2.05) is 5.51 Å². The number of aromatic nitrogens is 1. The van der Waals surface area contributed by atoms with Crippen molar-refractivity contribution in [2.24, 2.45) is 0 Å². The van der Waals surface area contributed by atoms with Gasteiger partial charge in [0, 0.05) is 29.5 Å². The van der Waals surface area contributed by atoms with Gasteiger partial charge in [0.15, 0.2) is 0 Å². The van der Waals surface area contributed by atoms with Crippen molar-refractivity contribution < 1.29 is 0 Å². The Labute approximate surface area is 107 Å². The van der Waals surface area contributed by atoms with Crippen LogP contribution in [-0.4, -0.2) is 35.1 Å². The maximum Gasteiger partial charge on any atom is 0.0798 e. The summed E-state index contributed by atoms with van der Waals surface area (Å²) < 4.78 is 0. The Morgan fingerprint density at radius 3 is 3.12 bits per heavy atom. The average molecular weight is 251 g/mol. The maximum atomic E-state index is 4.35. The summed E-state index contributed by atoms with van der Waals surface area (Å²) in [5.41, 5.74) is 3.15. The topological polar surface area (TPSA) is 28.2 Å². The van der Waals surface area contributed by atoms with Crippen LogP contribution in [0.15, 0.2) is 5.51 Å². The lowest BCUT2D eigenvalue weighted by Crippen LogP contribution is -2.40. The summed E-state index contributed by atoms with van der Waals surface area (Å²) in [7, 11) is 0. The van der Waals surface area contributed by atoms with Crippen molar-refractivity contribution in [1.82, 2.24) is 15.2 Å². The van der Waals surface area contributed by atoms with Crippen molar-refractivity contribution in [2.75, 3.05) is 13.1 Å². The predicted molar refractivity (Wildman–Crippen MR) is 71.4 cm³/mol. The summed E-state index contributed by atoms with van der Waals surface area (Å²) in [6.45, 7) is 6.99. The molecule has 17 heavy (non-hydrogen) atoms. The summed E-state index contributed by atoms with van der Waals surface area (Å²) in [5, 5.41) is 3.82. The zero-order valence-corrected chi connectivity index (χ0v) is 11.5. The SMILES string of the molecule is Cc1ncsc1C(C)NC1CCN2CCCC12. The Morgan fingerprint density at radius 2 is 2.35 bits per heavy atom. The summed E-state index contributed by atoms with van der Waals surface area (Å²) in [5.74, 6) is 0. The van der Waals surface area contributed by atoms with Gasteiger partial charge in [-0.3, -0.25) is 4.90 Å². The van der Waals surface area contributed by atoms with Gasteiger partial charge in [-0.15, -0.1) is 11.3 Å². The van der Waals surface area contributed by atoms with Crippen LogP contribution in [0.1, 0.15) is 42.8 Å². The number of nitrogens with zero attached hydrogens (tertiary/aromatic N) is 2. The number of rotatable bonds is 3. The summed E-state index contributed by atoms with van der Waals surface area (Å²) in [6, 6.07) is 1.94. The second kappa shape index (κ2) is 4.67. The van der Waals surface area contributed by atoms with Crippen molar-refractivity contribution in [3.8, 4) is 0 Å². The molecule has 0 radical (unpaired) electrons. The van der Waals surface area contributed by atoms with Crippen molar-refractivity contribution in [1.29, 1.82) is 0 Å².